The second-order valence-electron chi connectivity index (χ2n) is 13.7. The van der Waals surface area contributed by atoms with Gasteiger partial charge in [-0.15, -0.1) is 0 Å². The van der Waals surface area contributed by atoms with Gasteiger partial charge >= 0.3 is 0 Å². The zero-order valence-corrected chi connectivity index (χ0v) is 21.1. The molecule has 0 spiro atoms. The van der Waals surface area contributed by atoms with Gasteiger partial charge in [-0.05, 0) is 108 Å². The van der Waals surface area contributed by atoms with Gasteiger partial charge in [0.05, 0.1) is 12.2 Å². The maximum Gasteiger partial charge on any atom is 0.0764 e. The maximum absolute atomic E-state index is 11.4. The first-order valence-corrected chi connectivity index (χ1v) is 13.2. The summed E-state index contributed by atoms with van der Waals surface area (Å²) in [5.74, 6) is 2.47. The molecule has 0 aromatic carbocycles. The second kappa shape index (κ2) is 6.72. The van der Waals surface area contributed by atoms with Crippen molar-refractivity contribution in [3.8, 4) is 0 Å². The monoisotopic (exact) mass is 426 g/mol. The number of rotatable bonds is 1. The first-order chi connectivity index (χ1) is 14.4. The molecule has 5 rings (SSSR count). The molecule has 5 aliphatic rings. The molecule has 2 heteroatoms. The van der Waals surface area contributed by atoms with Gasteiger partial charge in [-0.3, -0.25) is 0 Å². The summed E-state index contributed by atoms with van der Waals surface area (Å²) in [5.41, 5.74) is 5.11. The van der Waals surface area contributed by atoms with Crippen molar-refractivity contribution < 1.29 is 10.2 Å². The largest absolute Gasteiger partial charge is 0.393 e. The standard InChI is InChI=1S/C29H46O2/c1-17(2)18-8-9-19-21(30)16-29(7)20(25(18)19)10-11-23-27(5)14-13-24(31)26(3,4)22(27)12-15-28(23,29)6/h10,17-18,21-24,30-31H,8-9,11-16H2,1-7H3/t18-,21+,22-,23+,24-,27-,28+,29+/m0/s1. The average Bonchev–Trinajstić information content (AvgIpc) is 3.12. The number of hydrogen-bond donors (Lipinski definition) is 2. The minimum Gasteiger partial charge on any atom is -0.393 e. The van der Waals surface area contributed by atoms with E-state index in [4.69, 9.17) is 0 Å². The van der Waals surface area contributed by atoms with Crippen molar-refractivity contribution in [3.63, 3.8) is 0 Å². The summed E-state index contributed by atoms with van der Waals surface area (Å²) in [7, 11) is 0. The Morgan fingerprint density at radius 2 is 1.65 bits per heavy atom. The van der Waals surface area contributed by atoms with Crippen molar-refractivity contribution >= 4 is 0 Å². The Kier molecular flexibility index (Phi) is 4.81. The van der Waals surface area contributed by atoms with Crippen molar-refractivity contribution in [1.29, 1.82) is 0 Å². The van der Waals surface area contributed by atoms with E-state index in [1.807, 2.05) is 0 Å². The Labute approximate surface area is 190 Å². The van der Waals surface area contributed by atoms with Gasteiger partial charge in [0.15, 0.2) is 0 Å². The third kappa shape index (κ3) is 2.64. The van der Waals surface area contributed by atoms with Crippen LogP contribution in [0.1, 0.15) is 99.8 Å². The summed E-state index contributed by atoms with van der Waals surface area (Å²) in [4.78, 5) is 0. The summed E-state index contributed by atoms with van der Waals surface area (Å²) in [5, 5.41) is 22.2. The number of fused-ring (bicyclic) bond motifs is 6. The Balaban J connectivity index is 1.62. The van der Waals surface area contributed by atoms with E-state index in [1.165, 1.54) is 31.3 Å². The lowest BCUT2D eigenvalue weighted by molar-refractivity contribution is -0.197. The fraction of sp³-hybridized carbons (Fsp3) is 0.862. The molecule has 2 saturated carbocycles. The normalized spacial score (nSPS) is 51.0. The summed E-state index contributed by atoms with van der Waals surface area (Å²) >= 11 is 0. The van der Waals surface area contributed by atoms with E-state index in [1.54, 1.807) is 11.1 Å². The van der Waals surface area contributed by atoms with Gasteiger partial charge in [0.25, 0.3) is 0 Å². The zero-order valence-electron chi connectivity index (χ0n) is 21.1. The van der Waals surface area contributed by atoms with Crippen LogP contribution in [0.4, 0.5) is 0 Å². The van der Waals surface area contributed by atoms with Crippen LogP contribution in [0, 0.1) is 45.3 Å². The van der Waals surface area contributed by atoms with Gasteiger partial charge in [-0.1, -0.05) is 54.5 Å². The summed E-state index contributed by atoms with van der Waals surface area (Å²) < 4.78 is 0. The molecule has 0 aromatic rings. The topological polar surface area (TPSA) is 40.5 Å². The van der Waals surface area contributed by atoms with Crippen LogP contribution < -0.4 is 0 Å². The molecule has 8 atom stereocenters. The number of hydrogen-bond acceptors (Lipinski definition) is 2. The Bertz CT molecular complexity index is 834. The number of aliphatic hydroxyl groups excluding tert-OH is 2. The fourth-order valence-corrected chi connectivity index (χ4v) is 9.97. The van der Waals surface area contributed by atoms with Crippen molar-refractivity contribution in [3.05, 3.63) is 22.8 Å². The van der Waals surface area contributed by atoms with E-state index < -0.39 is 0 Å². The van der Waals surface area contributed by atoms with Crippen LogP contribution in [0.15, 0.2) is 22.8 Å². The molecule has 0 amide bonds. The Hall–Kier alpha value is -0.600. The van der Waals surface area contributed by atoms with Gasteiger partial charge in [-0.25, -0.2) is 0 Å². The van der Waals surface area contributed by atoms with Crippen LogP contribution in [0.2, 0.25) is 0 Å². The third-order valence-electron chi connectivity index (χ3n) is 12.0. The first-order valence-electron chi connectivity index (χ1n) is 13.2. The van der Waals surface area contributed by atoms with Crippen LogP contribution in [0.5, 0.6) is 0 Å². The number of aliphatic hydroxyl groups is 2. The van der Waals surface area contributed by atoms with Crippen molar-refractivity contribution in [2.75, 3.05) is 0 Å². The lowest BCUT2D eigenvalue weighted by Crippen LogP contribution is -2.63. The highest BCUT2D eigenvalue weighted by Crippen LogP contribution is 2.74. The molecule has 174 valence electrons. The van der Waals surface area contributed by atoms with Gasteiger partial charge in [-0.2, -0.15) is 0 Å². The smallest absolute Gasteiger partial charge is 0.0764 e. The van der Waals surface area contributed by atoms with E-state index in [-0.39, 0.29) is 33.9 Å². The molecule has 0 unspecified atom stereocenters. The summed E-state index contributed by atoms with van der Waals surface area (Å²) in [6.45, 7) is 17.0. The minimum atomic E-state index is -0.258. The van der Waals surface area contributed by atoms with Gasteiger partial charge in [0.2, 0.25) is 0 Å². The van der Waals surface area contributed by atoms with Crippen molar-refractivity contribution in [2.24, 2.45) is 45.3 Å². The predicted octanol–water partition coefficient (Wildman–Crippen LogP) is 6.67. The molecule has 2 N–H and O–H groups in total. The highest BCUT2D eigenvalue weighted by atomic mass is 16.3. The lowest BCUT2D eigenvalue weighted by atomic mass is 9.35. The van der Waals surface area contributed by atoms with E-state index in [0.29, 0.717) is 23.7 Å². The molecule has 5 aliphatic carbocycles. The predicted molar refractivity (Wildman–Crippen MR) is 127 cm³/mol. The molecule has 0 aromatic heterocycles. The molecule has 0 bridgehead atoms. The molecule has 0 aliphatic heterocycles. The van der Waals surface area contributed by atoms with Crippen molar-refractivity contribution in [2.45, 2.75) is 112 Å². The second-order valence-corrected chi connectivity index (χ2v) is 13.7. The van der Waals surface area contributed by atoms with E-state index in [2.05, 4.69) is 54.5 Å². The molecular weight excluding hydrogens is 380 g/mol. The van der Waals surface area contributed by atoms with Gasteiger partial charge in [0.1, 0.15) is 0 Å². The summed E-state index contributed by atoms with van der Waals surface area (Å²) in [6, 6.07) is 0. The van der Waals surface area contributed by atoms with Crippen molar-refractivity contribution in [1.82, 2.24) is 0 Å². The average molecular weight is 427 g/mol. The van der Waals surface area contributed by atoms with E-state index >= 15 is 0 Å². The van der Waals surface area contributed by atoms with Crippen LogP contribution in [-0.4, -0.2) is 22.4 Å². The Morgan fingerprint density at radius 3 is 2.32 bits per heavy atom. The van der Waals surface area contributed by atoms with Crippen LogP contribution in [-0.2, 0) is 0 Å². The molecule has 0 radical (unpaired) electrons. The minimum absolute atomic E-state index is 0.00477. The molecule has 2 fully saturated rings. The maximum atomic E-state index is 11.4. The Morgan fingerprint density at radius 1 is 0.935 bits per heavy atom. The SMILES string of the molecule is CC(C)[C@@H]1CCC2=C1C1=CC[C@@H]3[C@@]4(C)CC[C@H](O)C(C)(C)[C@@H]4CC[C@@]3(C)[C@]1(C)C[C@H]2O. The van der Waals surface area contributed by atoms with Crippen LogP contribution in [0.3, 0.4) is 0 Å². The first kappa shape index (κ1) is 22.2. The highest BCUT2D eigenvalue weighted by Gasteiger charge is 2.66. The molecule has 0 saturated heterocycles. The summed E-state index contributed by atoms with van der Waals surface area (Å²) in [6.07, 6.45) is 11.1. The quantitative estimate of drug-likeness (QED) is 0.491. The molecule has 0 heterocycles. The van der Waals surface area contributed by atoms with Crippen LogP contribution >= 0.6 is 0 Å². The van der Waals surface area contributed by atoms with E-state index in [0.717, 1.165) is 25.7 Å². The fourth-order valence-electron chi connectivity index (χ4n) is 9.97. The highest BCUT2D eigenvalue weighted by molar-refractivity contribution is 5.51. The molecular formula is C29H46O2. The zero-order chi connectivity index (χ0) is 22.6. The van der Waals surface area contributed by atoms with Gasteiger partial charge in [0, 0.05) is 5.41 Å². The van der Waals surface area contributed by atoms with E-state index in [9.17, 15) is 10.2 Å². The number of allylic oxidation sites excluding steroid dienone is 3. The molecule has 31 heavy (non-hydrogen) atoms. The van der Waals surface area contributed by atoms with Gasteiger partial charge < -0.3 is 10.2 Å². The lowest BCUT2D eigenvalue weighted by Gasteiger charge is -2.69. The third-order valence-corrected chi connectivity index (χ3v) is 12.0. The van der Waals surface area contributed by atoms with Crippen LogP contribution in [0.25, 0.3) is 0 Å². The molecule has 2 nitrogen and oxygen atoms in total.